The molecule has 6 rings (SSSR count). The summed E-state index contributed by atoms with van der Waals surface area (Å²) in [6.07, 6.45) is 6.39. The number of carbonyl (C=O) groups excluding carboxylic acids is 2. The number of benzene rings is 2. The lowest BCUT2D eigenvalue weighted by Gasteiger charge is -2.36. The van der Waals surface area contributed by atoms with Crippen LogP contribution in [0.2, 0.25) is 0 Å². The Morgan fingerprint density at radius 3 is 2.54 bits per heavy atom. The molecule has 2 saturated heterocycles. The molecule has 0 unspecified atom stereocenters. The molecule has 10 heteroatoms. The Bertz CT molecular complexity index is 1730. The van der Waals surface area contributed by atoms with Gasteiger partial charge in [-0.25, -0.2) is 4.79 Å². The van der Waals surface area contributed by atoms with Crippen LogP contribution in [0.5, 0.6) is 0 Å². The smallest absolute Gasteiger partial charge is 0.410 e. The molecular formula is C36H44N6O4. The number of furan rings is 1. The minimum absolute atomic E-state index is 0.0163. The van der Waals surface area contributed by atoms with Crippen molar-refractivity contribution in [2.24, 2.45) is 0 Å². The molecule has 4 aromatic rings. The predicted octanol–water partition coefficient (Wildman–Crippen LogP) is 6.06. The lowest BCUT2D eigenvalue weighted by atomic mass is 10.1. The summed E-state index contributed by atoms with van der Waals surface area (Å²) in [4.78, 5) is 35.3. The third kappa shape index (κ3) is 7.48. The van der Waals surface area contributed by atoms with E-state index in [1.54, 1.807) is 4.90 Å². The number of anilines is 1. The minimum Gasteiger partial charge on any atom is -0.451 e. The maximum absolute atomic E-state index is 13.0. The molecule has 4 heterocycles. The van der Waals surface area contributed by atoms with Gasteiger partial charge in [0.25, 0.3) is 5.91 Å². The van der Waals surface area contributed by atoms with Crippen LogP contribution in [0.25, 0.3) is 21.9 Å². The second-order valence-electron chi connectivity index (χ2n) is 13.5. The van der Waals surface area contributed by atoms with Gasteiger partial charge in [-0.15, -0.1) is 0 Å². The second kappa shape index (κ2) is 13.5. The van der Waals surface area contributed by atoms with E-state index < -0.39 is 5.60 Å². The van der Waals surface area contributed by atoms with Crippen LogP contribution < -0.4 is 10.2 Å². The number of piperidine rings is 1. The van der Waals surface area contributed by atoms with E-state index in [9.17, 15) is 14.9 Å². The summed E-state index contributed by atoms with van der Waals surface area (Å²) in [5.41, 5.74) is 4.40. The SMILES string of the molecule is CC(C)(C)OC(=O)N1CCC(NC(=O)c2cc3cc(N4CCN(CCCCc5c[nH]c6ccc(C#N)cc56)CC4)ccc3o2)CC1. The molecule has 0 aliphatic carbocycles. The number of rotatable bonds is 8. The summed E-state index contributed by atoms with van der Waals surface area (Å²) in [6, 6.07) is 16.0. The van der Waals surface area contributed by atoms with E-state index >= 15 is 0 Å². The monoisotopic (exact) mass is 624 g/mol. The lowest BCUT2D eigenvalue weighted by molar-refractivity contribution is 0.0199. The first-order valence-electron chi connectivity index (χ1n) is 16.4. The first-order chi connectivity index (χ1) is 22.1. The Hall–Kier alpha value is -4.49. The molecule has 2 aromatic carbocycles. The number of fused-ring (bicyclic) bond motifs is 2. The number of unbranched alkanes of at least 4 members (excludes halogenated alkanes) is 1. The van der Waals surface area contributed by atoms with Crippen LogP contribution in [0.15, 0.2) is 53.1 Å². The van der Waals surface area contributed by atoms with Crippen molar-refractivity contribution in [1.82, 2.24) is 20.1 Å². The van der Waals surface area contributed by atoms with E-state index in [0.717, 1.165) is 74.0 Å². The van der Waals surface area contributed by atoms with E-state index in [-0.39, 0.29) is 18.0 Å². The van der Waals surface area contributed by atoms with Crippen LogP contribution in [0, 0.1) is 11.3 Å². The molecule has 46 heavy (non-hydrogen) atoms. The summed E-state index contributed by atoms with van der Waals surface area (Å²) >= 11 is 0. The highest BCUT2D eigenvalue weighted by Gasteiger charge is 2.28. The Morgan fingerprint density at radius 2 is 1.80 bits per heavy atom. The maximum atomic E-state index is 13.0. The number of hydrogen-bond acceptors (Lipinski definition) is 7. The number of aromatic nitrogens is 1. The van der Waals surface area contributed by atoms with Gasteiger partial charge in [0.1, 0.15) is 11.2 Å². The zero-order valence-corrected chi connectivity index (χ0v) is 27.1. The molecular weight excluding hydrogens is 580 g/mol. The van der Waals surface area contributed by atoms with Crippen LogP contribution in [-0.4, -0.2) is 84.2 Å². The predicted molar refractivity (Wildman–Crippen MR) is 179 cm³/mol. The van der Waals surface area contributed by atoms with Crippen molar-refractivity contribution >= 4 is 39.6 Å². The number of aromatic amines is 1. The van der Waals surface area contributed by atoms with Gasteiger partial charge >= 0.3 is 6.09 Å². The van der Waals surface area contributed by atoms with Crippen molar-refractivity contribution in [3.05, 3.63) is 65.5 Å². The van der Waals surface area contributed by atoms with Gasteiger partial charge in [0, 0.05) is 73.5 Å². The molecule has 2 aromatic heterocycles. The van der Waals surface area contributed by atoms with Gasteiger partial charge in [-0.2, -0.15) is 5.26 Å². The van der Waals surface area contributed by atoms with Crippen LogP contribution in [0.4, 0.5) is 10.5 Å². The number of carbonyl (C=O) groups is 2. The van der Waals surface area contributed by atoms with Gasteiger partial charge in [0.2, 0.25) is 0 Å². The number of likely N-dealkylation sites (tertiary alicyclic amines) is 1. The molecule has 242 valence electrons. The van der Waals surface area contributed by atoms with Crippen molar-refractivity contribution in [2.45, 2.75) is 64.5 Å². The summed E-state index contributed by atoms with van der Waals surface area (Å²) < 4.78 is 11.4. The Kier molecular flexibility index (Phi) is 9.22. The fraction of sp³-hybridized carbons (Fsp3) is 0.472. The zero-order chi connectivity index (χ0) is 32.3. The van der Waals surface area contributed by atoms with Crippen molar-refractivity contribution < 1.29 is 18.7 Å². The van der Waals surface area contributed by atoms with Crippen LogP contribution in [-0.2, 0) is 11.2 Å². The van der Waals surface area contributed by atoms with E-state index in [2.05, 4.69) is 44.5 Å². The maximum Gasteiger partial charge on any atom is 0.410 e. The summed E-state index contributed by atoms with van der Waals surface area (Å²) in [5.74, 6) is 0.0865. The fourth-order valence-corrected chi connectivity index (χ4v) is 6.46. The number of nitrogens with one attached hydrogen (secondary N) is 2. The average molecular weight is 625 g/mol. The molecule has 2 aliphatic rings. The third-order valence-corrected chi connectivity index (χ3v) is 9.01. The van der Waals surface area contributed by atoms with Gasteiger partial charge in [-0.05, 0) is 107 Å². The molecule has 0 atom stereocenters. The number of nitriles is 1. The zero-order valence-electron chi connectivity index (χ0n) is 27.1. The first-order valence-corrected chi connectivity index (χ1v) is 16.4. The highest BCUT2D eigenvalue weighted by atomic mass is 16.6. The number of hydrogen-bond donors (Lipinski definition) is 2. The highest BCUT2D eigenvalue weighted by molar-refractivity contribution is 5.97. The van der Waals surface area contributed by atoms with Crippen molar-refractivity contribution in [1.29, 1.82) is 5.26 Å². The van der Waals surface area contributed by atoms with Gasteiger partial charge < -0.3 is 29.3 Å². The number of amides is 2. The number of aryl methyl sites for hydroxylation is 1. The number of H-pyrrole nitrogens is 1. The molecule has 0 saturated carbocycles. The third-order valence-electron chi connectivity index (χ3n) is 9.01. The molecule has 2 aliphatic heterocycles. The van der Waals surface area contributed by atoms with E-state index in [1.165, 1.54) is 5.56 Å². The summed E-state index contributed by atoms with van der Waals surface area (Å²) in [7, 11) is 0. The van der Waals surface area contributed by atoms with E-state index in [4.69, 9.17) is 9.15 Å². The molecule has 10 nitrogen and oxygen atoms in total. The Labute approximate surface area is 270 Å². The summed E-state index contributed by atoms with van der Waals surface area (Å²) in [6.45, 7) is 11.7. The highest BCUT2D eigenvalue weighted by Crippen LogP contribution is 2.27. The van der Waals surface area contributed by atoms with Gasteiger partial charge in [-0.3, -0.25) is 9.69 Å². The van der Waals surface area contributed by atoms with E-state index in [0.29, 0.717) is 42.8 Å². The lowest BCUT2D eigenvalue weighted by Crippen LogP contribution is -2.47. The Morgan fingerprint density at radius 1 is 1.02 bits per heavy atom. The van der Waals surface area contributed by atoms with Gasteiger partial charge in [-0.1, -0.05) is 0 Å². The van der Waals surface area contributed by atoms with Crippen LogP contribution in [0.1, 0.15) is 68.1 Å². The topological polar surface area (TPSA) is 118 Å². The van der Waals surface area contributed by atoms with Crippen molar-refractivity contribution in [2.75, 3.05) is 50.7 Å². The molecule has 0 bridgehead atoms. The minimum atomic E-state index is -0.524. The van der Waals surface area contributed by atoms with Crippen LogP contribution >= 0.6 is 0 Å². The molecule has 2 N–H and O–H groups in total. The summed E-state index contributed by atoms with van der Waals surface area (Å²) in [5, 5.41) is 14.4. The van der Waals surface area contributed by atoms with Crippen molar-refractivity contribution in [3.8, 4) is 6.07 Å². The first kappa shape index (κ1) is 31.5. The molecule has 0 radical (unpaired) electrons. The molecule has 2 amide bonds. The standard InChI is InChI=1S/C36H44N6O4/c1-36(2,3)46-35(44)42-14-11-28(12-15-42)39-34(43)33-22-27-21-29(8-10-32(27)45-33)41-18-16-40(17-19-41)13-5-4-6-26-24-38-31-9-7-25(23-37)20-30(26)31/h7-10,20-22,24,28,38H,4-6,11-19H2,1-3H3,(H,39,43). The number of ether oxygens (including phenoxy) is 1. The number of nitrogens with zero attached hydrogens (tertiary/aromatic N) is 4. The van der Waals surface area contributed by atoms with Gasteiger partial charge in [0.15, 0.2) is 5.76 Å². The van der Waals surface area contributed by atoms with E-state index in [1.807, 2.05) is 51.1 Å². The normalized spacial score (nSPS) is 16.6. The van der Waals surface area contributed by atoms with Gasteiger partial charge in [0.05, 0.1) is 11.6 Å². The Balaban J connectivity index is 0.946. The fourth-order valence-electron chi connectivity index (χ4n) is 6.46. The van der Waals surface area contributed by atoms with Crippen LogP contribution in [0.3, 0.4) is 0 Å². The van der Waals surface area contributed by atoms with Crippen molar-refractivity contribution in [3.63, 3.8) is 0 Å². The largest absolute Gasteiger partial charge is 0.451 e. The average Bonchev–Trinajstić information content (AvgIpc) is 3.66. The molecule has 2 fully saturated rings. The number of piperazine rings is 1. The second-order valence-corrected chi connectivity index (χ2v) is 13.5. The molecule has 0 spiro atoms. The quantitative estimate of drug-likeness (QED) is 0.229.